The number of nitrogens with one attached hydrogen (secondary N) is 2. The van der Waals surface area contributed by atoms with Gasteiger partial charge in [0.05, 0.1) is 27.7 Å². The number of carbonyl (C=O) groups is 2. The normalized spacial score (nSPS) is 12.6. The molecule has 0 aliphatic rings. The second-order valence-corrected chi connectivity index (χ2v) is 6.38. The van der Waals surface area contributed by atoms with Gasteiger partial charge in [0.2, 0.25) is 5.91 Å². The molecule has 2 atom stereocenters. The molecule has 1 amide bonds. The Morgan fingerprint density at radius 2 is 1.79 bits per heavy atom. The summed E-state index contributed by atoms with van der Waals surface area (Å²) in [7, 11) is 0. The number of carboxylic acid groups (broad SMARTS) is 1. The summed E-state index contributed by atoms with van der Waals surface area (Å²) in [6.07, 6.45) is 0. The number of hydrogen-bond acceptors (Lipinski definition) is 6. The average Bonchev–Trinajstić information content (AvgIpc) is 2.63. The zero-order chi connectivity index (χ0) is 20.4. The first-order valence-electron chi connectivity index (χ1n) is 8.52. The quantitative estimate of drug-likeness (QED) is 0.318. The minimum Gasteiger partial charge on any atom is -0.480 e. The fourth-order valence-electron chi connectivity index (χ4n) is 3.19. The first-order valence-corrected chi connectivity index (χ1v) is 8.52. The largest absolute Gasteiger partial charge is 0.480 e. The summed E-state index contributed by atoms with van der Waals surface area (Å²) < 4.78 is 0. The van der Waals surface area contributed by atoms with Crippen LogP contribution in [0.25, 0.3) is 21.8 Å². The number of non-ortho nitro benzene ring substituents is 1. The minimum atomic E-state index is -1.21. The molecule has 0 aliphatic carbocycles. The topological polar surface area (TPSA) is 134 Å². The van der Waals surface area contributed by atoms with E-state index in [1.165, 1.54) is 19.1 Å². The zero-order valence-corrected chi connectivity index (χ0v) is 16.4. The molecule has 3 rings (SSSR count). The second kappa shape index (κ2) is 8.70. The highest BCUT2D eigenvalue weighted by atomic mass is 35.5. The average molecular weight is 419 g/mol. The Hall–Kier alpha value is -3.46. The van der Waals surface area contributed by atoms with Crippen LogP contribution in [0.5, 0.6) is 0 Å². The lowest BCUT2D eigenvalue weighted by atomic mass is 10.0. The number of aliphatic carboxylic acids is 1. The van der Waals surface area contributed by atoms with Gasteiger partial charge in [-0.25, -0.2) is 9.78 Å². The number of halogens is 1. The molecular weight excluding hydrogens is 400 g/mol. The van der Waals surface area contributed by atoms with Gasteiger partial charge in [0.15, 0.2) is 0 Å². The number of para-hydroxylation sites is 1. The Morgan fingerprint density at radius 1 is 1.14 bits per heavy atom. The number of anilines is 1. The van der Waals surface area contributed by atoms with E-state index in [1.807, 2.05) is 0 Å². The van der Waals surface area contributed by atoms with Crippen LogP contribution in [0.2, 0.25) is 0 Å². The summed E-state index contributed by atoms with van der Waals surface area (Å²) in [4.78, 5) is 38.7. The molecule has 0 saturated carbocycles. The summed E-state index contributed by atoms with van der Waals surface area (Å²) >= 11 is 0. The van der Waals surface area contributed by atoms with Crippen molar-refractivity contribution in [2.24, 2.45) is 0 Å². The molecule has 9 nitrogen and oxygen atoms in total. The molecular formula is C19H19ClN4O5. The van der Waals surface area contributed by atoms with Crippen molar-refractivity contribution in [2.45, 2.75) is 25.9 Å². The molecule has 0 spiro atoms. The van der Waals surface area contributed by atoms with E-state index in [9.17, 15) is 24.8 Å². The van der Waals surface area contributed by atoms with Crippen LogP contribution in [0.1, 0.15) is 13.8 Å². The lowest BCUT2D eigenvalue weighted by molar-refractivity contribution is -0.383. The molecule has 1 heterocycles. The Morgan fingerprint density at radius 3 is 2.41 bits per heavy atom. The Bertz CT molecular complexity index is 1100. The third kappa shape index (κ3) is 4.35. The van der Waals surface area contributed by atoms with Crippen LogP contribution in [-0.4, -0.2) is 39.0 Å². The molecule has 0 saturated heterocycles. The maximum Gasteiger partial charge on any atom is 0.328 e. The molecule has 0 radical (unpaired) electrons. The van der Waals surface area contributed by atoms with Crippen LogP contribution in [-0.2, 0) is 9.59 Å². The number of rotatable bonds is 6. The van der Waals surface area contributed by atoms with Gasteiger partial charge in [-0.3, -0.25) is 14.9 Å². The molecule has 3 aromatic rings. The third-order valence-corrected chi connectivity index (χ3v) is 4.38. The van der Waals surface area contributed by atoms with Gasteiger partial charge in [-0.05, 0) is 19.1 Å². The number of carboxylic acids is 1. The number of carbonyl (C=O) groups excluding carboxylic acids is 1. The standard InChI is InChI=1S/C19H18N4O5.ClH/c1-10(20-11(2)24)17(19(25)26)22-18-12-6-3-4-7-13(12)21-14-8-5-9-15(16(14)18)23(27)28;/h3-10,17H,1-2H3,(H,20,24)(H,21,22)(H,25,26);1H. The maximum absolute atomic E-state index is 11.9. The minimum absolute atomic E-state index is 0. The van der Waals surface area contributed by atoms with Crippen LogP contribution >= 0.6 is 12.4 Å². The van der Waals surface area contributed by atoms with E-state index in [4.69, 9.17) is 0 Å². The third-order valence-electron chi connectivity index (χ3n) is 4.38. The van der Waals surface area contributed by atoms with Gasteiger partial charge in [0.1, 0.15) is 11.4 Å². The molecule has 10 heteroatoms. The molecule has 0 bridgehead atoms. The van der Waals surface area contributed by atoms with Crippen LogP contribution in [0, 0.1) is 10.1 Å². The molecule has 0 fully saturated rings. The molecule has 29 heavy (non-hydrogen) atoms. The molecule has 152 valence electrons. The van der Waals surface area contributed by atoms with E-state index in [-0.39, 0.29) is 35.1 Å². The maximum atomic E-state index is 11.9. The van der Waals surface area contributed by atoms with Gasteiger partial charge >= 0.3 is 5.97 Å². The number of benzene rings is 2. The van der Waals surface area contributed by atoms with Crippen molar-refractivity contribution < 1.29 is 19.6 Å². The molecule has 2 aromatic carbocycles. The van der Waals surface area contributed by atoms with E-state index in [1.54, 1.807) is 37.3 Å². The summed E-state index contributed by atoms with van der Waals surface area (Å²) in [6.45, 7) is 2.84. The van der Waals surface area contributed by atoms with E-state index in [2.05, 4.69) is 15.6 Å². The van der Waals surface area contributed by atoms with Gasteiger partial charge < -0.3 is 15.7 Å². The summed E-state index contributed by atoms with van der Waals surface area (Å²) in [5, 5.41) is 27.5. The van der Waals surface area contributed by atoms with Crippen LogP contribution < -0.4 is 10.6 Å². The summed E-state index contributed by atoms with van der Waals surface area (Å²) in [5.41, 5.74) is 1.04. The van der Waals surface area contributed by atoms with Crippen molar-refractivity contribution in [2.75, 3.05) is 5.32 Å². The number of nitro benzene ring substituents is 1. The second-order valence-electron chi connectivity index (χ2n) is 6.38. The van der Waals surface area contributed by atoms with E-state index >= 15 is 0 Å². The van der Waals surface area contributed by atoms with Crippen molar-refractivity contribution >= 4 is 57.5 Å². The van der Waals surface area contributed by atoms with Crippen LogP contribution in [0.4, 0.5) is 11.4 Å². The highest BCUT2D eigenvalue weighted by Crippen LogP contribution is 2.37. The van der Waals surface area contributed by atoms with Gasteiger partial charge in [-0.1, -0.05) is 24.3 Å². The first kappa shape index (κ1) is 21.8. The van der Waals surface area contributed by atoms with Gasteiger partial charge in [0.25, 0.3) is 5.69 Å². The molecule has 1 aromatic heterocycles. The highest BCUT2D eigenvalue weighted by Gasteiger charge is 2.28. The van der Waals surface area contributed by atoms with Crippen molar-refractivity contribution in [1.82, 2.24) is 10.3 Å². The first-order chi connectivity index (χ1) is 13.3. The van der Waals surface area contributed by atoms with Crippen LogP contribution in [0.15, 0.2) is 42.5 Å². The van der Waals surface area contributed by atoms with Gasteiger partial charge in [-0.15, -0.1) is 12.4 Å². The Kier molecular flexibility index (Phi) is 6.55. The Labute approximate surface area is 171 Å². The SMILES string of the molecule is CC(=O)NC(C)C(Nc1c2ccccc2nc2cccc([N+](=O)[O-])c12)C(=O)O.Cl. The number of nitro groups is 1. The number of pyridine rings is 1. The fourth-order valence-corrected chi connectivity index (χ4v) is 3.19. The van der Waals surface area contributed by atoms with E-state index < -0.39 is 23.0 Å². The lowest BCUT2D eigenvalue weighted by Gasteiger charge is -2.24. The molecule has 2 unspecified atom stereocenters. The van der Waals surface area contributed by atoms with Gasteiger partial charge in [-0.2, -0.15) is 0 Å². The number of hydrogen-bond donors (Lipinski definition) is 3. The number of nitrogens with zero attached hydrogens (tertiary/aromatic N) is 2. The van der Waals surface area contributed by atoms with E-state index in [0.29, 0.717) is 16.4 Å². The van der Waals surface area contributed by atoms with Crippen molar-refractivity contribution in [3.63, 3.8) is 0 Å². The smallest absolute Gasteiger partial charge is 0.328 e. The van der Waals surface area contributed by atoms with Crippen molar-refractivity contribution in [1.29, 1.82) is 0 Å². The zero-order valence-electron chi connectivity index (χ0n) is 15.6. The number of amides is 1. The molecule has 3 N–H and O–H groups in total. The van der Waals surface area contributed by atoms with E-state index in [0.717, 1.165) is 0 Å². The summed E-state index contributed by atoms with van der Waals surface area (Å²) in [5.74, 6) is -1.58. The monoisotopic (exact) mass is 418 g/mol. The van der Waals surface area contributed by atoms with Crippen molar-refractivity contribution in [3.8, 4) is 0 Å². The highest BCUT2D eigenvalue weighted by molar-refractivity contribution is 6.11. The van der Waals surface area contributed by atoms with Crippen molar-refractivity contribution in [3.05, 3.63) is 52.6 Å². The fraction of sp³-hybridized carbons (Fsp3) is 0.211. The van der Waals surface area contributed by atoms with Crippen LogP contribution in [0.3, 0.4) is 0 Å². The van der Waals surface area contributed by atoms with Gasteiger partial charge in [0, 0.05) is 18.4 Å². The predicted molar refractivity (Wildman–Crippen MR) is 111 cm³/mol. The number of aromatic nitrogens is 1. The lowest BCUT2D eigenvalue weighted by Crippen LogP contribution is -2.48. The number of fused-ring (bicyclic) bond motifs is 2. The Balaban J connectivity index is 0.00000300. The summed E-state index contributed by atoms with van der Waals surface area (Å²) in [6, 6.07) is 9.50. The predicted octanol–water partition coefficient (Wildman–Crippen LogP) is 3.11. The molecule has 0 aliphatic heterocycles.